The van der Waals surface area contributed by atoms with E-state index in [-0.39, 0.29) is 0 Å². The molecule has 1 fully saturated rings. The highest BCUT2D eigenvalue weighted by atomic mass is 35.5. The molecule has 2 nitrogen and oxygen atoms in total. The Morgan fingerprint density at radius 2 is 2.07 bits per heavy atom. The van der Waals surface area contributed by atoms with E-state index in [2.05, 4.69) is 29.3 Å². The van der Waals surface area contributed by atoms with Crippen molar-refractivity contribution >= 4 is 17.3 Å². The summed E-state index contributed by atoms with van der Waals surface area (Å²) in [7, 11) is 0. The first-order valence-corrected chi connectivity index (χ1v) is 5.37. The highest BCUT2D eigenvalue weighted by Gasteiger charge is 2.15. The number of hydrogen-bond donors (Lipinski definition) is 1. The van der Waals surface area contributed by atoms with Crippen molar-refractivity contribution in [2.75, 3.05) is 24.5 Å². The molecule has 1 aromatic carbocycles. The quantitative estimate of drug-likeness (QED) is 0.764. The number of halogens is 1. The van der Waals surface area contributed by atoms with Gasteiger partial charge in [0.2, 0.25) is 0 Å². The summed E-state index contributed by atoms with van der Waals surface area (Å²) < 4.78 is 0. The highest BCUT2D eigenvalue weighted by Crippen LogP contribution is 2.18. The number of anilines is 1. The average Bonchev–Trinajstić information content (AvgIpc) is 2.19. The SMILES string of the molecule is C[C@@H]1CN(c2ccc(Cl)cc2)CCN1. The van der Waals surface area contributed by atoms with Crippen molar-refractivity contribution in [3.8, 4) is 0 Å². The normalized spacial score (nSPS) is 22.4. The maximum absolute atomic E-state index is 5.85. The summed E-state index contributed by atoms with van der Waals surface area (Å²) in [6.07, 6.45) is 0. The van der Waals surface area contributed by atoms with E-state index in [4.69, 9.17) is 11.6 Å². The van der Waals surface area contributed by atoms with E-state index in [0.29, 0.717) is 6.04 Å². The monoisotopic (exact) mass is 210 g/mol. The largest absolute Gasteiger partial charge is 0.369 e. The summed E-state index contributed by atoms with van der Waals surface area (Å²) in [5, 5.41) is 4.23. The van der Waals surface area contributed by atoms with Gasteiger partial charge in [-0.05, 0) is 31.2 Å². The van der Waals surface area contributed by atoms with E-state index in [9.17, 15) is 0 Å². The van der Waals surface area contributed by atoms with Gasteiger partial charge in [-0.3, -0.25) is 0 Å². The minimum absolute atomic E-state index is 0.569. The number of benzene rings is 1. The number of piperazine rings is 1. The van der Waals surface area contributed by atoms with Crippen LogP contribution in [0.1, 0.15) is 6.92 Å². The molecule has 1 atom stereocenters. The lowest BCUT2D eigenvalue weighted by Gasteiger charge is -2.33. The predicted octanol–water partition coefficient (Wildman–Crippen LogP) is 2.14. The van der Waals surface area contributed by atoms with Crippen molar-refractivity contribution in [1.82, 2.24) is 5.32 Å². The molecule has 1 saturated heterocycles. The Labute approximate surface area is 89.9 Å². The fraction of sp³-hybridized carbons (Fsp3) is 0.455. The molecule has 1 aliphatic rings. The molecule has 14 heavy (non-hydrogen) atoms. The second-order valence-electron chi connectivity index (χ2n) is 3.78. The number of nitrogens with one attached hydrogen (secondary N) is 1. The van der Waals surface area contributed by atoms with Gasteiger partial charge in [0.15, 0.2) is 0 Å². The van der Waals surface area contributed by atoms with Crippen LogP contribution in [0.5, 0.6) is 0 Å². The third kappa shape index (κ3) is 2.20. The summed E-state index contributed by atoms with van der Waals surface area (Å²) >= 11 is 5.85. The number of rotatable bonds is 1. The van der Waals surface area contributed by atoms with Crippen molar-refractivity contribution in [3.05, 3.63) is 29.3 Å². The smallest absolute Gasteiger partial charge is 0.0407 e. The van der Waals surface area contributed by atoms with Gasteiger partial charge in [-0.15, -0.1) is 0 Å². The summed E-state index contributed by atoms with van der Waals surface area (Å²) in [5.41, 5.74) is 1.27. The molecule has 1 heterocycles. The third-order valence-electron chi connectivity index (χ3n) is 2.56. The molecule has 0 saturated carbocycles. The molecular weight excluding hydrogens is 196 g/mol. The van der Waals surface area contributed by atoms with E-state index < -0.39 is 0 Å². The second kappa shape index (κ2) is 4.20. The molecule has 3 heteroatoms. The first-order valence-electron chi connectivity index (χ1n) is 4.99. The third-order valence-corrected chi connectivity index (χ3v) is 2.81. The van der Waals surface area contributed by atoms with Gasteiger partial charge in [0.05, 0.1) is 0 Å². The maximum atomic E-state index is 5.85. The average molecular weight is 211 g/mol. The molecule has 0 aliphatic carbocycles. The lowest BCUT2D eigenvalue weighted by Crippen LogP contribution is -2.49. The zero-order valence-electron chi connectivity index (χ0n) is 8.33. The number of nitrogens with zero attached hydrogens (tertiary/aromatic N) is 1. The minimum atomic E-state index is 0.569. The highest BCUT2D eigenvalue weighted by molar-refractivity contribution is 6.30. The first-order chi connectivity index (χ1) is 6.75. The van der Waals surface area contributed by atoms with Crippen molar-refractivity contribution in [2.45, 2.75) is 13.0 Å². The van der Waals surface area contributed by atoms with E-state index in [1.165, 1.54) is 5.69 Å². The van der Waals surface area contributed by atoms with Gasteiger partial charge in [0.25, 0.3) is 0 Å². The van der Waals surface area contributed by atoms with Gasteiger partial charge in [0.1, 0.15) is 0 Å². The van der Waals surface area contributed by atoms with E-state index in [0.717, 1.165) is 24.7 Å². The molecule has 0 amide bonds. The van der Waals surface area contributed by atoms with Crippen LogP contribution in [-0.4, -0.2) is 25.7 Å². The zero-order chi connectivity index (χ0) is 9.97. The maximum Gasteiger partial charge on any atom is 0.0407 e. The Kier molecular flexibility index (Phi) is 2.94. The first kappa shape index (κ1) is 9.81. The molecule has 1 aromatic rings. The lowest BCUT2D eigenvalue weighted by molar-refractivity contribution is 0.485. The summed E-state index contributed by atoms with van der Waals surface area (Å²) in [5.74, 6) is 0. The van der Waals surface area contributed by atoms with Crippen LogP contribution in [0.4, 0.5) is 5.69 Å². The minimum Gasteiger partial charge on any atom is -0.369 e. The molecular formula is C11H15ClN2. The van der Waals surface area contributed by atoms with Gasteiger partial charge >= 0.3 is 0 Å². The summed E-state index contributed by atoms with van der Waals surface area (Å²) in [6, 6.07) is 8.63. The molecule has 0 spiro atoms. The van der Waals surface area contributed by atoms with Gasteiger partial charge in [0, 0.05) is 36.4 Å². The van der Waals surface area contributed by atoms with E-state index in [1.54, 1.807) is 0 Å². The van der Waals surface area contributed by atoms with Crippen LogP contribution in [0.3, 0.4) is 0 Å². The Hall–Kier alpha value is -0.730. The van der Waals surface area contributed by atoms with Crippen LogP contribution in [0.2, 0.25) is 5.02 Å². The van der Waals surface area contributed by atoms with Gasteiger partial charge < -0.3 is 10.2 Å². The van der Waals surface area contributed by atoms with Gasteiger partial charge in [-0.25, -0.2) is 0 Å². The fourth-order valence-corrected chi connectivity index (χ4v) is 1.94. The van der Waals surface area contributed by atoms with Crippen LogP contribution < -0.4 is 10.2 Å². The molecule has 0 bridgehead atoms. The van der Waals surface area contributed by atoms with Crippen molar-refractivity contribution in [2.24, 2.45) is 0 Å². The van der Waals surface area contributed by atoms with Gasteiger partial charge in [-0.2, -0.15) is 0 Å². The Balaban J connectivity index is 2.10. The molecule has 76 valence electrons. The predicted molar refractivity (Wildman–Crippen MR) is 61.1 cm³/mol. The van der Waals surface area contributed by atoms with Crippen LogP contribution >= 0.6 is 11.6 Å². The fourth-order valence-electron chi connectivity index (χ4n) is 1.82. The summed E-state index contributed by atoms with van der Waals surface area (Å²) in [6.45, 7) is 5.42. The zero-order valence-corrected chi connectivity index (χ0v) is 9.09. The molecule has 1 N–H and O–H groups in total. The van der Waals surface area contributed by atoms with Gasteiger partial charge in [-0.1, -0.05) is 11.6 Å². The lowest BCUT2D eigenvalue weighted by atomic mass is 10.2. The van der Waals surface area contributed by atoms with Crippen molar-refractivity contribution < 1.29 is 0 Å². The molecule has 1 aliphatic heterocycles. The Bertz CT molecular complexity index is 297. The van der Waals surface area contributed by atoms with Crippen molar-refractivity contribution in [3.63, 3.8) is 0 Å². The van der Waals surface area contributed by atoms with Crippen LogP contribution in [0.15, 0.2) is 24.3 Å². The number of hydrogen-bond acceptors (Lipinski definition) is 2. The second-order valence-corrected chi connectivity index (χ2v) is 4.21. The molecule has 0 aromatic heterocycles. The van der Waals surface area contributed by atoms with E-state index >= 15 is 0 Å². The molecule has 0 unspecified atom stereocenters. The molecule has 2 rings (SSSR count). The van der Waals surface area contributed by atoms with Crippen molar-refractivity contribution in [1.29, 1.82) is 0 Å². The van der Waals surface area contributed by atoms with Crippen LogP contribution in [0, 0.1) is 0 Å². The Morgan fingerprint density at radius 3 is 2.71 bits per heavy atom. The topological polar surface area (TPSA) is 15.3 Å². The molecule has 0 radical (unpaired) electrons. The summed E-state index contributed by atoms with van der Waals surface area (Å²) in [4.78, 5) is 2.39. The van der Waals surface area contributed by atoms with E-state index in [1.807, 2.05) is 12.1 Å². The standard InChI is InChI=1S/C11H15ClN2/c1-9-8-14(7-6-13-9)11-4-2-10(12)3-5-11/h2-5,9,13H,6-8H2,1H3/t9-/m1/s1. The van der Waals surface area contributed by atoms with Crippen LogP contribution in [-0.2, 0) is 0 Å². The Morgan fingerprint density at radius 1 is 1.36 bits per heavy atom. The van der Waals surface area contributed by atoms with Crippen LogP contribution in [0.25, 0.3) is 0 Å².